The average molecular weight is 163 g/mol. The van der Waals surface area contributed by atoms with E-state index in [0.29, 0.717) is 5.95 Å². The first kappa shape index (κ1) is 7.42. The van der Waals surface area contributed by atoms with Gasteiger partial charge in [0.15, 0.2) is 20.8 Å². The molecule has 48 valence electrons. The Morgan fingerprint density at radius 1 is 1.50 bits per heavy atom. The third-order valence-electron chi connectivity index (χ3n) is 0.982. The zero-order valence-electron chi connectivity index (χ0n) is 5.50. The van der Waals surface area contributed by atoms with Gasteiger partial charge in [0.2, 0.25) is 5.95 Å². The Balaban J connectivity index is 2.96. The summed E-state index contributed by atoms with van der Waals surface area (Å²) in [6.07, 6.45) is 1.70. The van der Waals surface area contributed by atoms with Crippen LogP contribution >= 0.6 is 0 Å². The van der Waals surface area contributed by atoms with E-state index in [9.17, 15) is 0 Å². The smallest absolute Gasteiger partial charge is 0.208 e. The van der Waals surface area contributed by atoms with E-state index in [-0.39, 0.29) is 0 Å². The minimum absolute atomic E-state index is 0.591. The van der Waals surface area contributed by atoms with Gasteiger partial charge in [0.1, 0.15) is 0 Å². The van der Waals surface area contributed by atoms with E-state index in [0.717, 1.165) is 5.69 Å². The molecule has 6 radical (unpaired) electrons. The minimum atomic E-state index is 0.591. The van der Waals surface area contributed by atoms with E-state index in [4.69, 9.17) is 0 Å². The summed E-state index contributed by atoms with van der Waals surface area (Å²) in [6, 6.07) is 1.84. The lowest BCUT2D eigenvalue weighted by Crippen LogP contribution is -2.16. The number of hydrogen-bond acceptors (Lipinski definition) is 3. The van der Waals surface area contributed by atoms with Crippen molar-refractivity contribution in [1.82, 2.24) is 9.97 Å². The molecule has 0 atom stereocenters. The van der Waals surface area contributed by atoms with Gasteiger partial charge in [-0.25, -0.2) is 9.97 Å². The van der Waals surface area contributed by atoms with Crippen molar-refractivity contribution in [2.45, 2.75) is 6.92 Å². The molecule has 0 unspecified atom stereocenters. The summed E-state index contributed by atoms with van der Waals surface area (Å²) in [4.78, 5) is 8.05. The molecule has 10 heavy (non-hydrogen) atoms. The van der Waals surface area contributed by atoms with Crippen molar-refractivity contribution in [1.29, 1.82) is 0 Å². The van der Waals surface area contributed by atoms with Gasteiger partial charge < -0.3 is 4.23 Å². The summed E-state index contributed by atoms with van der Waals surface area (Å²) >= 11 is 0. The Labute approximate surface area is 66.5 Å². The quantitative estimate of drug-likeness (QED) is 0.535. The lowest BCUT2D eigenvalue weighted by atomic mass is 10.5. The molecule has 1 aromatic heterocycles. The van der Waals surface area contributed by atoms with Gasteiger partial charge in [-0.3, -0.25) is 0 Å². The van der Waals surface area contributed by atoms with Crippen molar-refractivity contribution < 1.29 is 0 Å². The van der Waals surface area contributed by atoms with Gasteiger partial charge in [-0.05, 0) is 13.0 Å². The van der Waals surface area contributed by atoms with Crippen LogP contribution in [0.5, 0.6) is 0 Å². The largest absolute Gasteiger partial charge is 0.397 e. The number of aromatic nitrogens is 2. The van der Waals surface area contributed by atoms with E-state index in [2.05, 4.69) is 30.8 Å². The van der Waals surface area contributed by atoms with Crippen LogP contribution in [0.2, 0.25) is 0 Å². The molecule has 0 spiro atoms. The predicted molar refractivity (Wildman–Crippen MR) is 40.8 cm³/mol. The lowest BCUT2D eigenvalue weighted by Gasteiger charge is -2.08. The maximum atomic E-state index is 4.09. The van der Waals surface area contributed by atoms with Crippen molar-refractivity contribution in [3.8, 4) is 0 Å². The number of rotatable bonds is 1. The van der Waals surface area contributed by atoms with Gasteiger partial charge in [0, 0.05) is 11.9 Å². The molecule has 1 rings (SSSR count). The van der Waals surface area contributed by atoms with Gasteiger partial charge in [-0.15, -0.1) is 0 Å². The third kappa shape index (κ3) is 1.64. The first-order valence-electron chi connectivity index (χ1n) is 2.72. The molecule has 1 heterocycles. The minimum Gasteiger partial charge on any atom is -0.397 e. The number of anilines is 1. The molecule has 5 heteroatoms. The molecule has 0 N–H and O–H groups in total. The molecule has 1 aromatic rings. The van der Waals surface area contributed by atoms with Crippen molar-refractivity contribution in [3.05, 3.63) is 18.0 Å². The van der Waals surface area contributed by atoms with Crippen molar-refractivity contribution in [3.63, 3.8) is 0 Å². The summed E-state index contributed by atoms with van der Waals surface area (Å²) in [5, 5.41) is 0. The fourth-order valence-corrected chi connectivity index (χ4v) is 0.759. The van der Waals surface area contributed by atoms with Gasteiger partial charge in [0.25, 0.3) is 0 Å². The van der Waals surface area contributed by atoms with Crippen molar-refractivity contribution in [2.75, 3.05) is 4.23 Å². The standard InChI is InChI=1S/C5H5N3Si2/c1-4-2-3-6-5(7-4)8(9)10/h2-3H,1H3. The highest BCUT2D eigenvalue weighted by atomic mass is 28.2. The van der Waals surface area contributed by atoms with Crippen molar-refractivity contribution in [2.24, 2.45) is 0 Å². The number of hydrogen-bond donors (Lipinski definition) is 0. The van der Waals surface area contributed by atoms with E-state index >= 15 is 0 Å². The zero-order valence-corrected chi connectivity index (χ0v) is 7.50. The SMILES string of the molecule is Cc1ccnc(N([Si])[Si])n1. The van der Waals surface area contributed by atoms with E-state index in [1.807, 2.05) is 13.0 Å². The fourth-order valence-electron chi connectivity index (χ4n) is 0.543. The summed E-state index contributed by atoms with van der Waals surface area (Å²) in [6.45, 7) is 1.91. The Hall–Kier alpha value is -0.686. The van der Waals surface area contributed by atoms with Gasteiger partial charge in [-0.1, -0.05) is 0 Å². The second-order valence-corrected chi connectivity index (χ2v) is 3.18. The highest BCUT2D eigenvalue weighted by molar-refractivity contribution is 6.40. The summed E-state index contributed by atoms with van der Waals surface area (Å²) in [5.74, 6) is 0.591. The van der Waals surface area contributed by atoms with Crippen LogP contribution in [0.15, 0.2) is 12.3 Å². The molecule has 0 aliphatic rings. The molecule has 0 amide bonds. The Bertz CT molecular complexity index is 226. The summed E-state index contributed by atoms with van der Waals surface area (Å²) < 4.78 is 1.49. The highest BCUT2D eigenvalue weighted by Gasteiger charge is 1.95. The lowest BCUT2D eigenvalue weighted by molar-refractivity contribution is 1.09. The van der Waals surface area contributed by atoms with Crippen LogP contribution in [0.1, 0.15) is 5.69 Å². The van der Waals surface area contributed by atoms with Gasteiger partial charge >= 0.3 is 0 Å². The van der Waals surface area contributed by atoms with Crippen LogP contribution in [0.3, 0.4) is 0 Å². The molecule has 0 bridgehead atoms. The van der Waals surface area contributed by atoms with Crippen LogP contribution in [-0.4, -0.2) is 30.8 Å². The summed E-state index contributed by atoms with van der Waals surface area (Å²) in [7, 11) is 6.37. The number of nitrogens with zero attached hydrogens (tertiary/aromatic N) is 3. The molecule has 0 saturated carbocycles. The van der Waals surface area contributed by atoms with Crippen LogP contribution < -0.4 is 4.23 Å². The second-order valence-electron chi connectivity index (χ2n) is 1.83. The fraction of sp³-hybridized carbons (Fsp3) is 0.200. The Morgan fingerprint density at radius 2 is 2.20 bits per heavy atom. The average Bonchev–Trinajstić information content (AvgIpc) is 1.88. The van der Waals surface area contributed by atoms with Crippen LogP contribution in [-0.2, 0) is 0 Å². The maximum absolute atomic E-state index is 4.09. The molecule has 0 aliphatic heterocycles. The molecular formula is C5H5N3Si2. The monoisotopic (exact) mass is 163 g/mol. The van der Waals surface area contributed by atoms with Gasteiger partial charge in [-0.2, -0.15) is 0 Å². The highest BCUT2D eigenvalue weighted by Crippen LogP contribution is 1.99. The van der Waals surface area contributed by atoms with E-state index in [1.165, 1.54) is 4.23 Å². The van der Waals surface area contributed by atoms with E-state index < -0.39 is 0 Å². The molecule has 0 saturated heterocycles. The van der Waals surface area contributed by atoms with Crippen LogP contribution in [0.4, 0.5) is 5.95 Å². The first-order chi connectivity index (χ1) is 4.70. The van der Waals surface area contributed by atoms with Crippen LogP contribution in [0.25, 0.3) is 0 Å². The normalized spacial score (nSPS) is 9.50. The first-order valence-corrected chi connectivity index (χ1v) is 3.62. The molecule has 0 fully saturated rings. The Kier molecular flexibility index (Phi) is 2.18. The third-order valence-corrected chi connectivity index (χ3v) is 1.38. The van der Waals surface area contributed by atoms with Crippen molar-refractivity contribution >= 4 is 26.8 Å². The van der Waals surface area contributed by atoms with Crippen LogP contribution in [0, 0.1) is 6.92 Å². The predicted octanol–water partition coefficient (Wildman–Crippen LogP) is -0.242. The molecule has 0 aliphatic carbocycles. The second kappa shape index (κ2) is 2.93. The topological polar surface area (TPSA) is 29.0 Å². The van der Waals surface area contributed by atoms with E-state index in [1.54, 1.807) is 6.20 Å². The number of aryl methyl sites for hydroxylation is 1. The maximum Gasteiger partial charge on any atom is 0.208 e. The molecular weight excluding hydrogens is 158 g/mol. The zero-order chi connectivity index (χ0) is 7.56. The molecule has 0 aromatic carbocycles. The molecule has 3 nitrogen and oxygen atoms in total. The summed E-state index contributed by atoms with van der Waals surface area (Å²) in [5.41, 5.74) is 0.937. The Morgan fingerprint density at radius 3 is 2.60 bits per heavy atom. The van der Waals surface area contributed by atoms with Gasteiger partial charge in [0.05, 0.1) is 0 Å².